The Labute approximate surface area is 121 Å². The molecule has 0 N–H and O–H groups in total. The lowest BCUT2D eigenvalue weighted by Gasteiger charge is -2.14. The molecule has 2 atom stereocenters. The highest BCUT2D eigenvalue weighted by Gasteiger charge is 2.24. The first-order chi connectivity index (χ1) is 9.49. The first-order valence-corrected chi connectivity index (χ1v) is 7.64. The highest BCUT2D eigenvalue weighted by atomic mass is 16.1. The van der Waals surface area contributed by atoms with Gasteiger partial charge in [0.15, 0.2) is 0 Å². The second-order valence-electron chi connectivity index (χ2n) is 6.28. The lowest BCUT2D eigenvalue weighted by atomic mass is 9.89. The fourth-order valence-electron chi connectivity index (χ4n) is 2.99. The van der Waals surface area contributed by atoms with Gasteiger partial charge in [-0.15, -0.1) is 0 Å². The van der Waals surface area contributed by atoms with Crippen molar-refractivity contribution in [1.29, 1.82) is 0 Å². The van der Waals surface area contributed by atoms with E-state index in [4.69, 9.17) is 0 Å². The van der Waals surface area contributed by atoms with Gasteiger partial charge in [-0.3, -0.25) is 9.59 Å². The van der Waals surface area contributed by atoms with Crippen molar-refractivity contribution in [1.82, 2.24) is 0 Å². The number of carbonyl (C=O) groups is 2. The topological polar surface area (TPSA) is 34.1 Å². The maximum Gasteiger partial charge on any atom is 0.142 e. The van der Waals surface area contributed by atoms with Crippen molar-refractivity contribution in [3.8, 4) is 0 Å². The van der Waals surface area contributed by atoms with Crippen LogP contribution in [-0.2, 0) is 16.0 Å². The third-order valence-electron chi connectivity index (χ3n) is 4.39. The van der Waals surface area contributed by atoms with Crippen LogP contribution in [0.3, 0.4) is 0 Å². The van der Waals surface area contributed by atoms with Crippen molar-refractivity contribution >= 4 is 11.6 Å². The van der Waals surface area contributed by atoms with E-state index in [2.05, 4.69) is 12.1 Å². The van der Waals surface area contributed by atoms with E-state index in [0.717, 1.165) is 31.2 Å². The highest BCUT2D eigenvalue weighted by Crippen LogP contribution is 2.26. The van der Waals surface area contributed by atoms with Crippen LogP contribution in [0.1, 0.15) is 57.1 Å². The number of hydrogen-bond acceptors (Lipinski definition) is 2. The van der Waals surface area contributed by atoms with E-state index in [1.54, 1.807) is 0 Å². The largest absolute Gasteiger partial charge is 0.299 e. The Morgan fingerprint density at radius 1 is 1.20 bits per heavy atom. The molecule has 1 saturated carbocycles. The molecule has 2 heteroatoms. The van der Waals surface area contributed by atoms with Crippen LogP contribution in [0.5, 0.6) is 0 Å². The fraction of sp³-hybridized carbons (Fsp3) is 0.556. The van der Waals surface area contributed by atoms with Gasteiger partial charge in [-0.05, 0) is 30.4 Å². The maximum absolute atomic E-state index is 12.0. The average molecular weight is 272 g/mol. The van der Waals surface area contributed by atoms with E-state index < -0.39 is 0 Å². The lowest BCUT2D eigenvalue weighted by Crippen LogP contribution is -2.15. The van der Waals surface area contributed by atoms with Crippen LogP contribution < -0.4 is 0 Å². The summed E-state index contributed by atoms with van der Waals surface area (Å²) in [5.74, 6) is 0.940. The molecule has 1 aromatic rings. The summed E-state index contributed by atoms with van der Waals surface area (Å²) in [7, 11) is 0. The van der Waals surface area contributed by atoms with Gasteiger partial charge in [-0.25, -0.2) is 0 Å². The predicted molar refractivity (Wildman–Crippen MR) is 80.8 cm³/mol. The molecule has 1 fully saturated rings. The molecular weight excluding hydrogens is 248 g/mol. The predicted octanol–water partition coefficient (Wildman–Crippen LogP) is 3.93. The molecule has 2 unspecified atom stereocenters. The minimum atomic E-state index is -0.0443. The van der Waals surface area contributed by atoms with Crippen LogP contribution in [0, 0.1) is 11.8 Å². The molecule has 0 heterocycles. The summed E-state index contributed by atoms with van der Waals surface area (Å²) >= 11 is 0. The molecule has 0 spiro atoms. The van der Waals surface area contributed by atoms with Gasteiger partial charge in [0, 0.05) is 24.2 Å². The Bertz CT molecular complexity index is 485. The zero-order chi connectivity index (χ0) is 14.7. The monoisotopic (exact) mass is 272 g/mol. The molecule has 1 aliphatic rings. The third-order valence-corrected chi connectivity index (χ3v) is 4.39. The van der Waals surface area contributed by atoms with Crippen molar-refractivity contribution in [2.45, 2.75) is 52.4 Å². The van der Waals surface area contributed by atoms with E-state index in [1.807, 2.05) is 32.9 Å². The van der Waals surface area contributed by atoms with Crippen molar-refractivity contribution < 1.29 is 9.59 Å². The lowest BCUT2D eigenvalue weighted by molar-refractivity contribution is -0.123. The first kappa shape index (κ1) is 15.0. The second kappa shape index (κ2) is 6.34. The average Bonchev–Trinajstić information content (AvgIpc) is 2.83. The Morgan fingerprint density at radius 3 is 2.35 bits per heavy atom. The van der Waals surface area contributed by atoms with Crippen LogP contribution in [0.15, 0.2) is 24.3 Å². The normalized spacial score (nSPS) is 20.4. The van der Waals surface area contributed by atoms with E-state index in [1.165, 1.54) is 5.56 Å². The molecule has 1 aliphatic carbocycles. The van der Waals surface area contributed by atoms with Gasteiger partial charge in [0.25, 0.3) is 0 Å². The van der Waals surface area contributed by atoms with Crippen molar-refractivity contribution in [3.63, 3.8) is 0 Å². The number of carbonyl (C=O) groups excluding carboxylic acids is 2. The number of hydrogen-bond donors (Lipinski definition) is 0. The fourth-order valence-corrected chi connectivity index (χ4v) is 2.99. The van der Waals surface area contributed by atoms with Gasteiger partial charge in [0.05, 0.1) is 0 Å². The SMILES string of the molecule is CC(C)C(=O)C(C)c1ccc(CC2CCCC2=O)cc1. The molecule has 20 heavy (non-hydrogen) atoms. The summed E-state index contributed by atoms with van der Waals surface area (Å²) in [6.07, 6.45) is 3.68. The van der Waals surface area contributed by atoms with Crippen molar-refractivity contribution in [2.24, 2.45) is 11.8 Å². The van der Waals surface area contributed by atoms with E-state index in [9.17, 15) is 9.59 Å². The van der Waals surface area contributed by atoms with Crippen LogP contribution >= 0.6 is 0 Å². The molecule has 0 amide bonds. The first-order valence-electron chi connectivity index (χ1n) is 7.64. The molecular formula is C18H24O2. The summed E-state index contributed by atoms with van der Waals surface area (Å²) in [4.78, 5) is 23.7. The standard InChI is InChI=1S/C18H24O2/c1-12(2)18(20)13(3)15-9-7-14(8-10-15)11-16-5-4-6-17(16)19/h7-10,12-13,16H,4-6,11H2,1-3H3. The van der Waals surface area contributed by atoms with Gasteiger partial charge in [-0.2, -0.15) is 0 Å². The summed E-state index contributed by atoms with van der Waals surface area (Å²) in [6, 6.07) is 8.23. The summed E-state index contributed by atoms with van der Waals surface area (Å²) < 4.78 is 0. The highest BCUT2D eigenvalue weighted by molar-refractivity contribution is 5.87. The van der Waals surface area contributed by atoms with Crippen molar-refractivity contribution in [3.05, 3.63) is 35.4 Å². The summed E-state index contributed by atoms with van der Waals surface area (Å²) in [5, 5.41) is 0. The molecule has 108 valence electrons. The Balaban J connectivity index is 2.02. The molecule has 2 nitrogen and oxygen atoms in total. The Hall–Kier alpha value is -1.44. The Morgan fingerprint density at radius 2 is 1.85 bits per heavy atom. The molecule has 1 aromatic carbocycles. The number of ketones is 2. The van der Waals surface area contributed by atoms with Crippen LogP contribution in [0.4, 0.5) is 0 Å². The maximum atomic E-state index is 12.0. The number of rotatable bonds is 5. The minimum Gasteiger partial charge on any atom is -0.299 e. The molecule has 0 saturated heterocycles. The van der Waals surface area contributed by atoms with Gasteiger partial charge in [-0.1, -0.05) is 45.0 Å². The van der Waals surface area contributed by atoms with Gasteiger partial charge in [0.1, 0.15) is 11.6 Å². The molecule has 0 bridgehead atoms. The van der Waals surface area contributed by atoms with E-state index in [0.29, 0.717) is 5.78 Å². The van der Waals surface area contributed by atoms with Gasteiger partial charge >= 0.3 is 0 Å². The van der Waals surface area contributed by atoms with Gasteiger partial charge in [0.2, 0.25) is 0 Å². The molecule has 2 rings (SSSR count). The minimum absolute atomic E-state index is 0.0443. The Kier molecular flexibility index (Phi) is 4.74. The molecule has 0 aromatic heterocycles. The summed E-state index contributed by atoms with van der Waals surface area (Å²) in [6.45, 7) is 5.86. The quantitative estimate of drug-likeness (QED) is 0.814. The molecule has 0 radical (unpaired) electrons. The van der Waals surface area contributed by atoms with Crippen molar-refractivity contribution in [2.75, 3.05) is 0 Å². The van der Waals surface area contributed by atoms with E-state index in [-0.39, 0.29) is 23.5 Å². The molecule has 0 aliphatic heterocycles. The third kappa shape index (κ3) is 3.36. The zero-order valence-electron chi connectivity index (χ0n) is 12.7. The van der Waals surface area contributed by atoms with Gasteiger partial charge < -0.3 is 0 Å². The summed E-state index contributed by atoms with van der Waals surface area (Å²) in [5.41, 5.74) is 2.28. The van der Waals surface area contributed by atoms with E-state index >= 15 is 0 Å². The number of Topliss-reactive ketones (excluding diaryl/α,β-unsaturated/α-hetero) is 2. The second-order valence-corrected chi connectivity index (χ2v) is 6.28. The smallest absolute Gasteiger partial charge is 0.142 e. The van der Waals surface area contributed by atoms with Crippen LogP contribution in [-0.4, -0.2) is 11.6 Å². The van der Waals surface area contributed by atoms with Crippen LogP contribution in [0.2, 0.25) is 0 Å². The number of benzene rings is 1. The zero-order valence-corrected chi connectivity index (χ0v) is 12.7. The van der Waals surface area contributed by atoms with Crippen LogP contribution in [0.25, 0.3) is 0 Å².